The van der Waals surface area contributed by atoms with Crippen LogP contribution in [0.2, 0.25) is 0 Å². The number of rotatable bonds is 3. The van der Waals surface area contributed by atoms with Gasteiger partial charge in [-0.1, -0.05) is 0 Å². The second kappa shape index (κ2) is 7.19. The molecular weight excluding hydrogens is 369 g/mol. The molecule has 5 nitrogen and oxygen atoms in total. The van der Waals surface area contributed by atoms with Crippen molar-refractivity contribution in [3.8, 4) is 0 Å². The summed E-state index contributed by atoms with van der Waals surface area (Å²) >= 11 is 0. The molecule has 0 saturated carbocycles. The van der Waals surface area contributed by atoms with Gasteiger partial charge in [-0.3, -0.25) is 4.79 Å². The summed E-state index contributed by atoms with van der Waals surface area (Å²) in [5.74, 6) is -2.00. The monoisotopic (exact) mass is 390 g/mol. The number of alkyl halides is 3. The number of nitrogens with zero attached hydrogens (tertiary/aromatic N) is 2. The smallest absolute Gasteiger partial charge is 0.338 e. The molecule has 3 rings (SSSR count). The lowest BCUT2D eigenvalue weighted by molar-refractivity contribution is -0.184. The number of hydrogen-bond donors (Lipinski definition) is 0. The van der Waals surface area contributed by atoms with Gasteiger partial charge in [0.1, 0.15) is 0 Å². The highest BCUT2D eigenvalue weighted by molar-refractivity contribution is 7.89. The third-order valence-electron chi connectivity index (χ3n) is 4.98. The molecule has 2 heterocycles. The summed E-state index contributed by atoms with van der Waals surface area (Å²) in [6, 6.07) is 5.46. The number of carbonyl (C=O) groups is 1. The fraction of sp³-hybridized carbons (Fsp3) is 0.588. The van der Waals surface area contributed by atoms with Crippen LogP contribution in [0.5, 0.6) is 0 Å². The molecule has 2 aliphatic rings. The summed E-state index contributed by atoms with van der Waals surface area (Å²) in [4.78, 5) is 13.8. The molecule has 9 heteroatoms. The van der Waals surface area contributed by atoms with Gasteiger partial charge in [-0.2, -0.15) is 17.5 Å². The van der Waals surface area contributed by atoms with E-state index in [0.717, 1.165) is 12.8 Å². The first-order valence-electron chi connectivity index (χ1n) is 8.66. The molecule has 1 aromatic carbocycles. The van der Waals surface area contributed by atoms with Crippen molar-refractivity contribution in [2.45, 2.75) is 36.8 Å². The number of hydrogen-bond acceptors (Lipinski definition) is 3. The van der Waals surface area contributed by atoms with Gasteiger partial charge in [0.25, 0.3) is 5.91 Å². The van der Waals surface area contributed by atoms with Crippen molar-refractivity contribution in [3.63, 3.8) is 0 Å². The van der Waals surface area contributed by atoms with Crippen LogP contribution in [0, 0.1) is 5.92 Å². The Balaban J connectivity index is 1.73. The van der Waals surface area contributed by atoms with Gasteiger partial charge in [0, 0.05) is 31.7 Å². The highest BCUT2D eigenvalue weighted by atomic mass is 32.2. The van der Waals surface area contributed by atoms with Gasteiger partial charge >= 0.3 is 6.18 Å². The molecular formula is C17H21F3N2O3S. The molecule has 26 heavy (non-hydrogen) atoms. The van der Waals surface area contributed by atoms with Crippen LogP contribution >= 0.6 is 0 Å². The van der Waals surface area contributed by atoms with Crippen LogP contribution in [0.1, 0.15) is 36.0 Å². The van der Waals surface area contributed by atoms with Gasteiger partial charge in [0.15, 0.2) is 0 Å². The summed E-state index contributed by atoms with van der Waals surface area (Å²) in [6.07, 6.45) is -2.33. The molecule has 0 N–H and O–H groups in total. The van der Waals surface area contributed by atoms with E-state index in [1.807, 2.05) is 0 Å². The Morgan fingerprint density at radius 1 is 1.00 bits per heavy atom. The zero-order valence-electron chi connectivity index (χ0n) is 14.2. The van der Waals surface area contributed by atoms with E-state index in [9.17, 15) is 26.4 Å². The van der Waals surface area contributed by atoms with Crippen molar-refractivity contribution in [3.05, 3.63) is 29.8 Å². The summed E-state index contributed by atoms with van der Waals surface area (Å²) in [5, 5.41) is 0. The van der Waals surface area contributed by atoms with Crippen LogP contribution in [0.25, 0.3) is 0 Å². The number of amides is 1. The zero-order chi connectivity index (χ0) is 18.9. The average Bonchev–Trinajstić information content (AvgIpc) is 3.16. The van der Waals surface area contributed by atoms with Crippen molar-refractivity contribution >= 4 is 15.9 Å². The first-order chi connectivity index (χ1) is 12.2. The number of piperidine rings is 1. The van der Waals surface area contributed by atoms with E-state index < -0.39 is 28.0 Å². The summed E-state index contributed by atoms with van der Waals surface area (Å²) < 4.78 is 65.1. The Labute approximate surface area is 150 Å². The number of likely N-dealkylation sites (tertiary alicyclic amines) is 1. The lowest BCUT2D eigenvalue weighted by atomic mass is 9.97. The lowest BCUT2D eigenvalue weighted by Gasteiger charge is -2.33. The van der Waals surface area contributed by atoms with Gasteiger partial charge in [0.05, 0.1) is 10.8 Å². The normalized spacial score (nSPS) is 22.6. The third kappa shape index (κ3) is 3.88. The van der Waals surface area contributed by atoms with Crippen molar-refractivity contribution in [1.29, 1.82) is 0 Å². The summed E-state index contributed by atoms with van der Waals surface area (Å²) in [5.41, 5.74) is 0.202. The minimum Gasteiger partial charge on any atom is -0.338 e. The maximum Gasteiger partial charge on any atom is 0.393 e. The second-order valence-electron chi connectivity index (χ2n) is 6.77. The Morgan fingerprint density at radius 3 is 2.19 bits per heavy atom. The molecule has 0 aliphatic carbocycles. The highest BCUT2D eigenvalue weighted by Gasteiger charge is 2.42. The molecule has 1 amide bonds. The van der Waals surface area contributed by atoms with Gasteiger partial charge < -0.3 is 4.90 Å². The SMILES string of the molecule is O=C(c1ccc(S(=O)(=O)N2CCCC2)cc1)N1CCCC(C(F)(F)F)C1. The van der Waals surface area contributed by atoms with Gasteiger partial charge in [0.2, 0.25) is 10.0 Å². The van der Waals surface area contributed by atoms with Crippen LogP contribution in [0.15, 0.2) is 29.2 Å². The van der Waals surface area contributed by atoms with Gasteiger partial charge in [-0.05, 0) is 49.9 Å². The number of halogens is 3. The molecule has 0 spiro atoms. The van der Waals surface area contributed by atoms with E-state index in [1.165, 1.54) is 33.5 Å². The predicted octanol–water partition coefficient (Wildman–Crippen LogP) is 2.89. The van der Waals surface area contributed by atoms with Gasteiger partial charge in [-0.15, -0.1) is 0 Å². The van der Waals surface area contributed by atoms with Crippen LogP contribution < -0.4 is 0 Å². The maximum atomic E-state index is 12.9. The van der Waals surface area contributed by atoms with Crippen molar-refractivity contribution in [1.82, 2.24) is 9.21 Å². The predicted molar refractivity (Wildman–Crippen MR) is 89.1 cm³/mol. The quantitative estimate of drug-likeness (QED) is 0.798. The molecule has 0 bridgehead atoms. The van der Waals surface area contributed by atoms with E-state index >= 15 is 0 Å². The van der Waals surface area contributed by atoms with Crippen LogP contribution in [0.3, 0.4) is 0 Å². The summed E-state index contributed by atoms with van der Waals surface area (Å²) in [6.45, 7) is 0.890. The maximum absolute atomic E-state index is 12.9. The molecule has 0 aromatic heterocycles. The standard InChI is InChI=1S/C17H21F3N2O3S/c18-17(19,20)14-4-3-9-21(12-14)16(23)13-5-7-15(8-6-13)26(24,25)22-10-1-2-11-22/h5-8,14H,1-4,9-12H2. The minimum absolute atomic E-state index is 0.0281. The van der Waals surface area contributed by atoms with Gasteiger partial charge in [-0.25, -0.2) is 8.42 Å². The number of carbonyl (C=O) groups excluding carboxylic acids is 1. The Morgan fingerprint density at radius 2 is 1.62 bits per heavy atom. The topological polar surface area (TPSA) is 57.7 Å². The van der Waals surface area contributed by atoms with Crippen LogP contribution in [-0.4, -0.2) is 55.9 Å². The van der Waals surface area contributed by atoms with E-state index in [-0.39, 0.29) is 30.0 Å². The molecule has 2 aliphatic heterocycles. The van der Waals surface area contributed by atoms with Crippen molar-refractivity contribution < 1.29 is 26.4 Å². The van der Waals surface area contributed by atoms with Crippen molar-refractivity contribution in [2.24, 2.45) is 5.92 Å². The molecule has 1 unspecified atom stereocenters. The Kier molecular flexibility index (Phi) is 5.30. The molecule has 1 atom stereocenters. The largest absolute Gasteiger partial charge is 0.393 e. The molecule has 144 valence electrons. The fourth-order valence-corrected chi connectivity index (χ4v) is 4.98. The van der Waals surface area contributed by atoms with E-state index in [0.29, 0.717) is 19.5 Å². The summed E-state index contributed by atoms with van der Waals surface area (Å²) in [7, 11) is -3.57. The van der Waals surface area contributed by atoms with Crippen LogP contribution in [-0.2, 0) is 10.0 Å². The second-order valence-corrected chi connectivity index (χ2v) is 8.71. The minimum atomic E-state index is -4.31. The highest BCUT2D eigenvalue weighted by Crippen LogP contribution is 2.33. The molecule has 0 radical (unpaired) electrons. The molecule has 2 saturated heterocycles. The molecule has 1 aromatic rings. The Bertz CT molecular complexity index is 756. The van der Waals surface area contributed by atoms with E-state index in [1.54, 1.807) is 0 Å². The van der Waals surface area contributed by atoms with E-state index in [2.05, 4.69) is 0 Å². The zero-order valence-corrected chi connectivity index (χ0v) is 15.0. The Hall–Kier alpha value is -1.61. The first kappa shape index (κ1) is 19.2. The van der Waals surface area contributed by atoms with E-state index in [4.69, 9.17) is 0 Å². The molecule has 2 fully saturated rings. The fourth-order valence-electron chi connectivity index (χ4n) is 3.46. The lowest BCUT2D eigenvalue weighted by Crippen LogP contribution is -2.44. The van der Waals surface area contributed by atoms with Crippen molar-refractivity contribution in [2.75, 3.05) is 26.2 Å². The number of benzene rings is 1. The first-order valence-corrected chi connectivity index (χ1v) is 10.1. The third-order valence-corrected chi connectivity index (χ3v) is 6.89. The van der Waals surface area contributed by atoms with Crippen LogP contribution in [0.4, 0.5) is 13.2 Å². The average molecular weight is 390 g/mol. The number of sulfonamides is 1.